The van der Waals surface area contributed by atoms with Gasteiger partial charge in [0.2, 0.25) is 5.91 Å². The lowest BCUT2D eigenvalue weighted by Crippen LogP contribution is -2.54. The zero-order valence-corrected chi connectivity index (χ0v) is 10.8. The van der Waals surface area contributed by atoms with Crippen LogP contribution < -0.4 is 5.73 Å². The minimum Gasteiger partial charge on any atom is -0.383 e. The molecule has 1 unspecified atom stereocenters. The van der Waals surface area contributed by atoms with Crippen LogP contribution in [0.15, 0.2) is 0 Å². The second kappa shape index (κ2) is 7.06. The van der Waals surface area contributed by atoms with Crippen LogP contribution in [0.5, 0.6) is 0 Å². The summed E-state index contributed by atoms with van der Waals surface area (Å²) in [4.78, 5) is 13.6. The molecule has 0 saturated carbocycles. The number of rotatable bonds is 3. The quantitative estimate of drug-likeness (QED) is 0.769. The summed E-state index contributed by atoms with van der Waals surface area (Å²) >= 11 is 0. The van der Waals surface area contributed by atoms with Crippen LogP contribution in [0.2, 0.25) is 0 Å². The Morgan fingerprint density at radius 2 is 2.00 bits per heavy atom. The van der Waals surface area contributed by atoms with Crippen LogP contribution in [0, 0.1) is 0 Å². The molecule has 0 aliphatic carbocycles. The van der Waals surface area contributed by atoms with E-state index in [1.807, 2.05) is 13.8 Å². The highest BCUT2D eigenvalue weighted by Gasteiger charge is 2.28. The van der Waals surface area contributed by atoms with Gasteiger partial charge in [-0.2, -0.15) is 0 Å². The van der Waals surface area contributed by atoms with Crippen molar-refractivity contribution < 1.29 is 14.3 Å². The van der Waals surface area contributed by atoms with Crippen molar-refractivity contribution in [1.82, 2.24) is 4.90 Å². The fourth-order valence-corrected chi connectivity index (χ4v) is 1.84. The number of nitrogens with zero attached hydrogens (tertiary/aromatic N) is 1. The second-order valence-corrected chi connectivity index (χ2v) is 4.06. The molecular weight excluding hydrogens is 232 g/mol. The first-order chi connectivity index (χ1) is 7.04. The molecule has 6 heteroatoms. The number of methoxy groups -OCH3 is 1. The van der Waals surface area contributed by atoms with Gasteiger partial charge in [0.15, 0.2) is 0 Å². The summed E-state index contributed by atoms with van der Waals surface area (Å²) in [6.45, 7) is 5.40. The molecule has 3 atom stereocenters. The smallest absolute Gasteiger partial charge is 0.242 e. The first kappa shape index (κ1) is 15.6. The molecular formula is C10H21ClN2O3. The minimum absolute atomic E-state index is 0. The van der Waals surface area contributed by atoms with Crippen molar-refractivity contribution in [2.24, 2.45) is 5.73 Å². The van der Waals surface area contributed by atoms with E-state index in [1.54, 1.807) is 4.90 Å². The lowest BCUT2D eigenvalue weighted by Gasteiger charge is -2.36. The van der Waals surface area contributed by atoms with Gasteiger partial charge in [0.25, 0.3) is 0 Å². The molecule has 1 aliphatic heterocycles. The lowest BCUT2D eigenvalue weighted by molar-refractivity contribution is -0.145. The third-order valence-corrected chi connectivity index (χ3v) is 2.39. The summed E-state index contributed by atoms with van der Waals surface area (Å²) in [6.07, 6.45) is 0.153. The maximum absolute atomic E-state index is 11.8. The first-order valence-corrected chi connectivity index (χ1v) is 5.23. The Labute approximate surface area is 103 Å². The lowest BCUT2D eigenvalue weighted by atomic mass is 10.2. The van der Waals surface area contributed by atoms with E-state index >= 15 is 0 Å². The summed E-state index contributed by atoms with van der Waals surface area (Å²) in [5, 5.41) is 0. The molecule has 0 spiro atoms. The van der Waals surface area contributed by atoms with Crippen LogP contribution in [-0.4, -0.2) is 55.9 Å². The van der Waals surface area contributed by atoms with Crippen molar-refractivity contribution in [3.05, 3.63) is 0 Å². The summed E-state index contributed by atoms with van der Waals surface area (Å²) in [7, 11) is 1.54. The number of ether oxygens (including phenoxy) is 2. The number of hydrogen-bond acceptors (Lipinski definition) is 4. The largest absolute Gasteiger partial charge is 0.383 e. The molecule has 0 aromatic carbocycles. The summed E-state index contributed by atoms with van der Waals surface area (Å²) in [5.74, 6) is -0.0566. The van der Waals surface area contributed by atoms with Crippen LogP contribution in [0.25, 0.3) is 0 Å². The Kier molecular flexibility index (Phi) is 6.90. The van der Waals surface area contributed by atoms with Crippen molar-refractivity contribution in [2.75, 3.05) is 26.8 Å². The third kappa shape index (κ3) is 4.25. The Morgan fingerprint density at radius 1 is 1.50 bits per heavy atom. The number of nitrogens with two attached hydrogens (primary N) is 1. The van der Waals surface area contributed by atoms with E-state index in [0.717, 1.165) is 0 Å². The van der Waals surface area contributed by atoms with Gasteiger partial charge < -0.3 is 20.1 Å². The van der Waals surface area contributed by atoms with E-state index in [0.29, 0.717) is 13.1 Å². The van der Waals surface area contributed by atoms with Gasteiger partial charge in [-0.15, -0.1) is 12.4 Å². The van der Waals surface area contributed by atoms with E-state index < -0.39 is 6.04 Å². The molecule has 1 aliphatic rings. The highest BCUT2D eigenvalue weighted by Crippen LogP contribution is 2.11. The molecule has 0 aromatic rings. The van der Waals surface area contributed by atoms with Crippen LogP contribution in [0.3, 0.4) is 0 Å². The van der Waals surface area contributed by atoms with E-state index in [1.165, 1.54) is 7.11 Å². The molecule has 5 nitrogen and oxygen atoms in total. The van der Waals surface area contributed by atoms with Crippen LogP contribution in [-0.2, 0) is 14.3 Å². The third-order valence-electron chi connectivity index (χ3n) is 2.39. The van der Waals surface area contributed by atoms with Crippen LogP contribution in [0.1, 0.15) is 13.8 Å². The fourth-order valence-electron chi connectivity index (χ4n) is 1.84. The number of amides is 1. The average Bonchev–Trinajstić information content (AvgIpc) is 2.15. The molecule has 0 aromatic heterocycles. The number of carbonyl (C=O) groups excluding carboxylic acids is 1. The molecule has 2 N–H and O–H groups in total. The SMILES string of the molecule is COCC(N)C(=O)N1C[C@@H](C)O[C@@H](C)C1.Cl. The molecule has 1 heterocycles. The predicted molar refractivity (Wildman–Crippen MR) is 63.7 cm³/mol. The Balaban J connectivity index is 0.00000225. The van der Waals surface area contributed by atoms with Crippen LogP contribution >= 0.6 is 12.4 Å². The van der Waals surface area contributed by atoms with Gasteiger partial charge in [0.05, 0.1) is 18.8 Å². The van der Waals surface area contributed by atoms with Gasteiger partial charge in [-0.25, -0.2) is 0 Å². The van der Waals surface area contributed by atoms with E-state index in [2.05, 4.69) is 0 Å². The number of halogens is 1. The van der Waals surface area contributed by atoms with E-state index in [4.69, 9.17) is 15.2 Å². The Morgan fingerprint density at radius 3 is 2.44 bits per heavy atom. The molecule has 96 valence electrons. The summed E-state index contributed by atoms with van der Waals surface area (Å²) in [6, 6.07) is -0.563. The average molecular weight is 253 g/mol. The molecule has 16 heavy (non-hydrogen) atoms. The topological polar surface area (TPSA) is 64.8 Å². The van der Waals surface area contributed by atoms with Gasteiger partial charge in [-0.3, -0.25) is 4.79 Å². The maximum atomic E-state index is 11.8. The summed E-state index contributed by atoms with van der Waals surface area (Å²) in [5.41, 5.74) is 5.69. The van der Waals surface area contributed by atoms with Gasteiger partial charge >= 0.3 is 0 Å². The first-order valence-electron chi connectivity index (χ1n) is 5.23. The highest BCUT2D eigenvalue weighted by molar-refractivity contribution is 5.85. The highest BCUT2D eigenvalue weighted by atomic mass is 35.5. The molecule has 0 bridgehead atoms. The fraction of sp³-hybridized carbons (Fsp3) is 0.900. The Hall–Kier alpha value is -0.360. The molecule has 1 saturated heterocycles. The minimum atomic E-state index is -0.563. The standard InChI is InChI=1S/C10H20N2O3.ClH/c1-7-4-12(5-8(2)15-7)10(13)9(11)6-14-3;/h7-9H,4-6,11H2,1-3H3;1H/t7-,8+,9?;. The van der Waals surface area contributed by atoms with Crippen LogP contribution in [0.4, 0.5) is 0 Å². The maximum Gasteiger partial charge on any atom is 0.242 e. The number of hydrogen-bond donors (Lipinski definition) is 1. The van der Waals surface area contributed by atoms with Gasteiger partial charge in [0, 0.05) is 20.2 Å². The summed E-state index contributed by atoms with van der Waals surface area (Å²) < 4.78 is 10.4. The molecule has 1 rings (SSSR count). The van der Waals surface area contributed by atoms with Crippen molar-refractivity contribution >= 4 is 18.3 Å². The number of morpholine rings is 1. The van der Waals surface area contributed by atoms with Crippen molar-refractivity contribution in [3.63, 3.8) is 0 Å². The van der Waals surface area contributed by atoms with Gasteiger partial charge in [0.1, 0.15) is 6.04 Å². The van der Waals surface area contributed by atoms with Gasteiger partial charge in [-0.1, -0.05) is 0 Å². The zero-order valence-electron chi connectivity index (χ0n) is 10.0. The normalized spacial score (nSPS) is 27.1. The monoisotopic (exact) mass is 252 g/mol. The van der Waals surface area contributed by atoms with E-state index in [-0.39, 0.29) is 37.1 Å². The van der Waals surface area contributed by atoms with Crippen molar-refractivity contribution in [2.45, 2.75) is 32.1 Å². The van der Waals surface area contributed by atoms with Crippen molar-refractivity contribution in [3.8, 4) is 0 Å². The predicted octanol–water partition coefficient (Wildman–Crippen LogP) is 0.0177. The van der Waals surface area contributed by atoms with Gasteiger partial charge in [-0.05, 0) is 13.8 Å². The second-order valence-electron chi connectivity index (χ2n) is 4.06. The van der Waals surface area contributed by atoms with E-state index in [9.17, 15) is 4.79 Å². The zero-order chi connectivity index (χ0) is 11.4. The molecule has 1 amide bonds. The molecule has 0 radical (unpaired) electrons. The Bertz CT molecular complexity index is 218. The number of carbonyl (C=O) groups is 1. The molecule has 1 fully saturated rings. The van der Waals surface area contributed by atoms with Crippen molar-refractivity contribution in [1.29, 1.82) is 0 Å².